The highest BCUT2D eigenvalue weighted by Gasteiger charge is 2.37. The van der Waals surface area contributed by atoms with E-state index in [-0.39, 0.29) is 24.2 Å². The van der Waals surface area contributed by atoms with E-state index >= 15 is 0 Å². The Kier molecular flexibility index (Phi) is 17.0. The van der Waals surface area contributed by atoms with Gasteiger partial charge >= 0.3 is 12.1 Å². The maximum atomic E-state index is 14.1. The van der Waals surface area contributed by atoms with Gasteiger partial charge in [-0.05, 0) is 95.8 Å². The lowest BCUT2D eigenvalue weighted by Crippen LogP contribution is -2.55. The Bertz CT molecular complexity index is 1960. The largest absolute Gasteiger partial charge is 0.480 e. The van der Waals surface area contributed by atoms with Crippen LogP contribution in [0.2, 0.25) is 0 Å². The number of ether oxygens (including phenoxy) is 1. The average Bonchev–Trinajstić information content (AvgIpc) is 3.89. The minimum atomic E-state index is -0.971. The van der Waals surface area contributed by atoms with Gasteiger partial charge in [-0.15, -0.1) is 23.1 Å². The number of carboxylic acid groups (broad SMARTS) is 1. The second-order valence-electron chi connectivity index (χ2n) is 14.9. The molecule has 5 atom stereocenters. The third-order valence-corrected chi connectivity index (χ3v) is 12.4. The van der Waals surface area contributed by atoms with Crippen molar-refractivity contribution in [3.05, 3.63) is 59.1 Å². The number of aliphatic carboxylic acids is 1. The van der Waals surface area contributed by atoms with Crippen molar-refractivity contribution in [2.45, 2.75) is 94.3 Å². The number of nitrogens with zero attached hydrogens (tertiary/aromatic N) is 4. The SMILES string of the molecule is CC(=O)NCCCCC(NC(=O)C(CCCCN(C)C)NC(=O)C1CCCN1C(=O)OCc1ccccc1)C(=O)Nc1ccc2nc(C3C=NC(C(=O)O)CS3)sc2c1. The summed E-state index contributed by atoms with van der Waals surface area (Å²) in [6.45, 7) is 3.05. The Morgan fingerprint density at radius 3 is 2.41 bits per heavy atom. The Morgan fingerprint density at radius 2 is 1.71 bits per heavy atom. The molecule has 2 aromatic carbocycles. The van der Waals surface area contributed by atoms with Crippen LogP contribution in [-0.4, -0.2) is 125 Å². The second kappa shape index (κ2) is 22.3. The van der Waals surface area contributed by atoms with Crippen LogP contribution in [0, 0.1) is 0 Å². The summed E-state index contributed by atoms with van der Waals surface area (Å²) >= 11 is 2.89. The van der Waals surface area contributed by atoms with Gasteiger partial charge in [0, 0.05) is 37.7 Å². The van der Waals surface area contributed by atoms with Crippen LogP contribution in [0.3, 0.4) is 0 Å². The van der Waals surface area contributed by atoms with Crippen molar-refractivity contribution in [3.8, 4) is 0 Å². The zero-order chi connectivity index (χ0) is 42.3. The zero-order valence-electron chi connectivity index (χ0n) is 33.7. The molecule has 0 aliphatic carbocycles. The average molecular weight is 851 g/mol. The van der Waals surface area contributed by atoms with Gasteiger partial charge < -0.3 is 36.0 Å². The number of thiazole rings is 1. The van der Waals surface area contributed by atoms with Gasteiger partial charge in [-0.3, -0.25) is 29.1 Å². The quantitative estimate of drug-likeness (QED) is 0.101. The normalized spacial score (nSPS) is 18.6. The van der Waals surface area contributed by atoms with Crippen molar-refractivity contribution < 1.29 is 38.6 Å². The van der Waals surface area contributed by atoms with Gasteiger partial charge in [0.25, 0.3) is 0 Å². The minimum Gasteiger partial charge on any atom is -0.480 e. The highest BCUT2D eigenvalue weighted by Crippen LogP contribution is 2.37. The fraction of sp³-hybridized carbons (Fsp3) is 0.512. The molecule has 1 saturated heterocycles. The van der Waals surface area contributed by atoms with Crippen LogP contribution >= 0.6 is 23.1 Å². The summed E-state index contributed by atoms with van der Waals surface area (Å²) in [6.07, 6.45) is 5.13. The van der Waals surface area contributed by atoms with E-state index < -0.39 is 54.0 Å². The van der Waals surface area contributed by atoms with E-state index in [0.717, 1.165) is 33.8 Å². The number of rotatable bonds is 20. The van der Waals surface area contributed by atoms with Crippen molar-refractivity contribution in [1.29, 1.82) is 0 Å². The number of carbonyl (C=O) groups excluding carboxylic acids is 5. The highest BCUT2D eigenvalue weighted by molar-refractivity contribution is 8.00. The highest BCUT2D eigenvalue weighted by atomic mass is 32.2. The Balaban J connectivity index is 1.27. The predicted octanol–water partition coefficient (Wildman–Crippen LogP) is 4.36. The minimum absolute atomic E-state index is 0.0697. The summed E-state index contributed by atoms with van der Waals surface area (Å²) in [7, 11) is 3.92. The third kappa shape index (κ3) is 13.7. The number of likely N-dealkylation sites (tertiary alicyclic amines) is 1. The number of amides is 5. The predicted molar refractivity (Wildman–Crippen MR) is 229 cm³/mol. The first kappa shape index (κ1) is 45.0. The molecule has 5 rings (SSSR count). The standard InChI is InChI=1S/C41H54N8O8S2/c1-26(50)42-19-9-7-14-30(36(51)44-28-17-18-29-34(22-28)59-39(47-29)35-23-43-32(25-58-35)40(54)55)45-37(52)31(15-8-10-20-48(2)3)46-38(53)33-16-11-21-49(33)41(56)57-24-27-12-5-4-6-13-27/h4-6,12-13,17-18,22-23,30-33,35H,7-11,14-16,19-21,24-25H2,1-3H3,(H,42,50)(H,44,51)(H,45,52)(H,46,53)(H,54,55). The van der Waals surface area contributed by atoms with E-state index in [2.05, 4.69) is 26.3 Å². The Hall–Kier alpha value is -5.07. The maximum Gasteiger partial charge on any atom is 0.410 e. The molecule has 1 fully saturated rings. The number of aromatic nitrogens is 1. The number of carbonyl (C=O) groups is 6. The molecule has 3 heterocycles. The van der Waals surface area contributed by atoms with Crippen molar-refractivity contribution >= 4 is 80.9 Å². The van der Waals surface area contributed by atoms with Crippen molar-refractivity contribution in [2.24, 2.45) is 4.99 Å². The first-order valence-electron chi connectivity index (χ1n) is 19.9. The number of carboxylic acids is 1. The molecule has 5 amide bonds. The molecule has 18 heteroatoms. The van der Waals surface area contributed by atoms with Crippen molar-refractivity contribution in [1.82, 2.24) is 30.7 Å². The lowest BCUT2D eigenvalue weighted by atomic mass is 10.0. The zero-order valence-corrected chi connectivity index (χ0v) is 35.3. The lowest BCUT2D eigenvalue weighted by Gasteiger charge is -2.27. The second-order valence-corrected chi connectivity index (χ2v) is 17.2. The molecule has 3 aromatic rings. The first-order chi connectivity index (χ1) is 28.4. The van der Waals surface area contributed by atoms with Crippen LogP contribution in [0.1, 0.15) is 74.1 Å². The molecular formula is C41H54N8O8S2. The lowest BCUT2D eigenvalue weighted by molar-refractivity contribution is -0.138. The molecule has 0 saturated carbocycles. The molecule has 2 aliphatic heterocycles. The maximum absolute atomic E-state index is 14.1. The van der Waals surface area contributed by atoms with E-state index in [0.29, 0.717) is 63.1 Å². The summed E-state index contributed by atoms with van der Waals surface area (Å²) in [5.74, 6) is -2.20. The van der Waals surface area contributed by atoms with Gasteiger partial charge in [-0.25, -0.2) is 14.6 Å². The molecule has 5 unspecified atom stereocenters. The van der Waals surface area contributed by atoms with Crippen LogP contribution in [0.5, 0.6) is 0 Å². The molecule has 5 N–H and O–H groups in total. The van der Waals surface area contributed by atoms with Gasteiger partial charge in [0.15, 0.2) is 6.04 Å². The summed E-state index contributed by atoms with van der Waals surface area (Å²) < 4.78 is 6.35. The molecule has 318 valence electrons. The number of aliphatic imine (C=N–C) groups is 1. The number of nitrogens with one attached hydrogen (secondary N) is 4. The van der Waals surface area contributed by atoms with Crippen molar-refractivity contribution in [2.75, 3.05) is 44.8 Å². The molecule has 1 aromatic heterocycles. The van der Waals surface area contributed by atoms with Crippen LogP contribution < -0.4 is 21.3 Å². The number of fused-ring (bicyclic) bond motifs is 1. The molecule has 2 aliphatic rings. The molecule has 16 nitrogen and oxygen atoms in total. The van der Waals surface area contributed by atoms with Crippen LogP contribution in [0.25, 0.3) is 10.2 Å². The summed E-state index contributed by atoms with van der Waals surface area (Å²) in [5.41, 5.74) is 2.05. The molecular weight excluding hydrogens is 797 g/mol. The fourth-order valence-corrected chi connectivity index (χ4v) is 9.03. The van der Waals surface area contributed by atoms with Crippen molar-refractivity contribution in [3.63, 3.8) is 0 Å². The topological polar surface area (TPSA) is 212 Å². The Morgan fingerprint density at radius 1 is 0.966 bits per heavy atom. The first-order valence-corrected chi connectivity index (χ1v) is 21.8. The van der Waals surface area contributed by atoms with Crippen LogP contribution in [-0.2, 0) is 35.3 Å². The number of benzene rings is 2. The monoisotopic (exact) mass is 850 g/mol. The van der Waals surface area contributed by atoms with Gasteiger partial charge in [0.2, 0.25) is 23.6 Å². The molecule has 0 spiro atoms. The number of hydrogen-bond donors (Lipinski definition) is 5. The summed E-state index contributed by atoms with van der Waals surface area (Å²) in [5, 5.41) is 21.4. The summed E-state index contributed by atoms with van der Waals surface area (Å²) in [4.78, 5) is 90.0. The smallest absolute Gasteiger partial charge is 0.410 e. The van der Waals surface area contributed by atoms with E-state index in [9.17, 15) is 33.9 Å². The molecule has 59 heavy (non-hydrogen) atoms. The van der Waals surface area contributed by atoms with Gasteiger partial charge in [0.05, 0.1) is 15.5 Å². The van der Waals surface area contributed by atoms with Crippen LogP contribution in [0.4, 0.5) is 10.5 Å². The van der Waals surface area contributed by atoms with Gasteiger partial charge in [0.1, 0.15) is 29.7 Å². The van der Waals surface area contributed by atoms with Gasteiger partial charge in [-0.2, -0.15) is 0 Å². The third-order valence-electron chi connectivity index (χ3n) is 9.94. The van der Waals surface area contributed by atoms with E-state index in [4.69, 9.17) is 9.72 Å². The number of thioether (sulfide) groups is 1. The number of hydrogen-bond acceptors (Lipinski definition) is 12. The van der Waals surface area contributed by atoms with Crippen LogP contribution in [0.15, 0.2) is 53.5 Å². The van der Waals surface area contributed by atoms with E-state index in [1.807, 2.05) is 49.3 Å². The molecule has 0 radical (unpaired) electrons. The van der Waals surface area contributed by atoms with E-state index in [1.54, 1.807) is 24.4 Å². The fourth-order valence-electron chi connectivity index (χ4n) is 6.76. The summed E-state index contributed by atoms with van der Waals surface area (Å²) in [6, 6.07) is 11.1. The van der Waals surface area contributed by atoms with E-state index in [1.165, 1.54) is 34.9 Å². The molecule has 0 bridgehead atoms. The van der Waals surface area contributed by atoms with Gasteiger partial charge in [-0.1, -0.05) is 30.3 Å². The Labute approximate surface area is 352 Å². The number of unbranched alkanes of at least 4 members (excludes halogenated alkanes) is 2. The number of anilines is 1.